The first-order valence-electron chi connectivity index (χ1n) is 10.0. The second kappa shape index (κ2) is 10.8. The van der Waals surface area contributed by atoms with Crippen LogP contribution in [-0.4, -0.2) is 33.8 Å². The number of carbonyl (C=O) groups excluding carboxylic acids is 1. The molecular weight excluding hydrogens is 392 g/mol. The molecule has 0 aliphatic carbocycles. The number of anilines is 1. The number of allylic oxidation sites excluding steroid dienone is 1. The number of aliphatic imine (C=N–C) groups is 1. The minimum atomic E-state index is -0.0624. The molecule has 0 saturated carbocycles. The van der Waals surface area contributed by atoms with Crippen molar-refractivity contribution in [1.82, 2.24) is 15.2 Å². The average Bonchev–Trinajstić information content (AvgIpc) is 3.32. The molecule has 3 aromatic rings. The van der Waals surface area contributed by atoms with Crippen LogP contribution in [0.3, 0.4) is 0 Å². The Morgan fingerprint density at radius 3 is 2.68 bits per heavy atom. The third kappa shape index (κ3) is 6.08. The maximum atomic E-state index is 12.5. The van der Waals surface area contributed by atoms with Crippen LogP contribution in [0.5, 0.6) is 0 Å². The highest BCUT2D eigenvalue weighted by atomic mass is 16.4. The van der Waals surface area contributed by atoms with Crippen molar-refractivity contribution in [3.63, 3.8) is 0 Å². The monoisotopic (exact) mass is 418 g/mol. The Balaban J connectivity index is 1.56. The molecule has 0 saturated heterocycles. The Labute approximate surface area is 181 Å². The fourth-order valence-electron chi connectivity index (χ4n) is 3.20. The molecule has 0 unspecified atom stereocenters. The molecule has 3 N–H and O–H groups in total. The van der Waals surface area contributed by atoms with Crippen molar-refractivity contribution in [1.29, 1.82) is 0 Å². The van der Waals surface area contributed by atoms with Crippen LogP contribution >= 0.6 is 0 Å². The summed E-state index contributed by atoms with van der Waals surface area (Å²) in [5.41, 5.74) is 11.3. The maximum absolute atomic E-state index is 12.5. The lowest BCUT2D eigenvalue weighted by atomic mass is 9.96. The van der Waals surface area contributed by atoms with E-state index in [1.54, 1.807) is 25.6 Å². The number of hydrogen-bond acceptors (Lipinski definition) is 7. The summed E-state index contributed by atoms with van der Waals surface area (Å²) >= 11 is 0. The summed E-state index contributed by atoms with van der Waals surface area (Å²) in [6, 6.07) is 9.65. The zero-order chi connectivity index (χ0) is 22.1. The molecule has 0 aliphatic heterocycles. The molecular formula is C23H26N6O2. The van der Waals surface area contributed by atoms with Crippen molar-refractivity contribution in [2.75, 3.05) is 12.4 Å². The smallest absolute Gasteiger partial charge is 0.224 e. The highest BCUT2D eigenvalue weighted by Gasteiger charge is 2.12. The summed E-state index contributed by atoms with van der Waals surface area (Å²) in [4.78, 5) is 20.9. The highest BCUT2D eigenvalue weighted by molar-refractivity contribution is 6.22. The lowest BCUT2D eigenvalue weighted by Crippen LogP contribution is -2.13. The summed E-state index contributed by atoms with van der Waals surface area (Å²) in [5.74, 6) is 0.549. The largest absolute Gasteiger partial charge is 0.428 e. The highest BCUT2D eigenvalue weighted by Crippen LogP contribution is 2.21. The number of nitrogens with one attached hydrogen (secondary N) is 1. The lowest BCUT2D eigenvalue weighted by Gasteiger charge is -2.12. The normalized spacial score (nSPS) is 12.1. The van der Waals surface area contributed by atoms with Gasteiger partial charge in [-0.2, -0.15) is 0 Å². The number of nitrogens with two attached hydrogens (primary N) is 1. The molecule has 160 valence electrons. The first-order valence-corrected chi connectivity index (χ1v) is 10.0. The van der Waals surface area contributed by atoms with Gasteiger partial charge < -0.3 is 15.5 Å². The Hall–Kier alpha value is -3.81. The van der Waals surface area contributed by atoms with Crippen LogP contribution in [0.1, 0.15) is 35.9 Å². The van der Waals surface area contributed by atoms with Gasteiger partial charge in [0.1, 0.15) is 0 Å². The first kappa shape index (κ1) is 21.9. The van der Waals surface area contributed by atoms with Gasteiger partial charge in [-0.3, -0.25) is 14.8 Å². The van der Waals surface area contributed by atoms with Crippen molar-refractivity contribution < 1.29 is 9.21 Å². The number of hydrogen-bond donors (Lipinski definition) is 2. The van der Waals surface area contributed by atoms with Crippen LogP contribution in [0.2, 0.25) is 0 Å². The molecule has 8 heteroatoms. The molecule has 2 heterocycles. The topological polar surface area (TPSA) is 119 Å². The van der Waals surface area contributed by atoms with E-state index in [-0.39, 0.29) is 5.91 Å². The Morgan fingerprint density at radius 2 is 2.00 bits per heavy atom. The second-order valence-electron chi connectivity index (χ2n) is 7.00. The summed E-state index contributed by atoms with van der Waals surface area (Å²) in [7, 11) is 1.73. The average molecular weight is 419 g/mol. The van der Waals surface area contributed by atoms with E-state index < -0.39 is 0 Å². The number of benzene rings is 1. The number of aryl methyl sites for hydroxylation is 3. The van der Waals surface area contributed by atoms with Crippen LogP contribution < -0.4 is 11.1 Å². The maximum Gasteiger partial charge on any atom is 0.224 e. The van der Waals surface area contributed by atoms with Gasteiger partial charge in [-0.05, 0) is 54.7 Å². The number of carbonyl (C=O) groups is 1. The molecule has 0 aliphatic rings. The third-order valence-corrected chi connectivity index (χ3v) is 4.98. The predicted octanol–water partition coefficient (Wildman–Crippen LogP) is 3.21. The summed E-state index contributed by atoms with van der Waals surface area (Å²) in [5, 5.41) is 10.5. The van der Waals surface area contributed by atoms with Crippen molar-refractivity contribution >= 4 is 22.9 Å². The van der Waals surface area contributed by atoms with E-state index in [1.807, 2.05) is 37.3 Å². The molecule has 2 aromatic heterocycles. The number of nitrogens with zero attached hydrogens (tertiary/aromatic N) is 4. The molecule has 0 radical (unpaired) electrons. The number of aromatic nitrogens is 3. The molecule has 1 amide bonds. The van der Waals surface area contributed by atoms with Crippen LogP contribution in [0.4, 0.5) is 5.69 Å². The minimum Gasteiger partial charge on any atom is -0.428 e. The zero-order valence-electron chi connectivity index (χ0n) is 17.7. The van der Waals surface area contributed by atoms with Crippen molar-refractivity contribution in [3.05, 3.63) is 77.9 Å². The van der Waals surface area contributed by atoms with Crippen LogP contribution in [0.15, 0.2) is 64.7 Å². The molecule has 0 bridgehead atoms. The summed E-state index contributed by atoms with van der Waals surface area (Å²) in [6.07, 6.45) is 8.70. The van der Waals surface area contributed by atoms with E-state index in [0.29, 0.717) is 25.2 Å². The lowest BCUT2D eigenvalue weighted by molar-refractivity contribution is -0.116. The van der Waals surface area contributed by atoms with Gasteiger partial charge in [0.2, 0.25) is 18.2 Å². The standard InChI is InChI=1S/C23H26N6O2/c1-16(25-2)21(13-24)20-11-12-26-14-18(20)6-9-22(30)28-19-7-3-17(4-8-19)5-10-23-29-27-15-31-23/h3-4,7-8,11-15H,5-6,9-10,24H2,1-2H3,(H,28,30)/b21-13+,25-16?. The van der Waals surface area contributed by atoms with Gasteiger partial charge in [-0.25, -0.2) is 0 Å². The fourth-order valence-corrected chi connectivity index (χ4v) is 3.20. The van der Waals surface area contributed by atoms with Gasteiger partial charge in [0.15, 0.2) is 0 Å². The molecule has 31 heavy (non-hydrogen) atoms. The van der Waals surface area contributed by atoms with Gasteiger partial charge >= 0.3 is 0 Å². The van der Waals surface area contributed by atoms with E-state index in [1.165, 1.54) is 6.39 Å². The molecule has 0 atom stereocenters. The third-order valence-electron chi connectivity index (χ3n) is 4.98. The summed E-state index contributed by atoms with van der Waals surface area (Å²) in [6.45, 7) is 1.90. The van der Waals surface area contributed by atoms with Gasteiger partial charge in [0, 0.05) is 55.5 Å². The first-order chi connectivity index (χ1) is 15.1. The molecule has 8 nitrogen and oxygen atoms in total. The number of amides is 1. The molecule has 0 spiro atoms. The van der Waals surface area contributed by atoms with Crippen molar-refractivity contribution in [2.24, 2.45) is 10.7 Å². The van der Waals surface area contributed by atoms with Crippen LogP contribution in [0, 0.1) is 0 Å². The molecule has 0 fully saturated rings. The van der Waals surface area contributed by atoms with Gasteiger partial charge in [-0.15, -0.1) is 10.2 Å². The Bertz CT molecular complexity index is 1060. The van der Waals surface area contributed by atoms with Gasteiger partial charge in [-0.1, -0.05) is 12.1 Å². The predicted molar refractivity (Wildman–Crippen MR) is 121 cm³/mol. The summed E-state index contributed by atoms with van der Waals surface area (Å²) < 4.78 is 5.14. The Morgan fingerprint density at radius 1 is 1.19 bits per heavy atom. The Kier molecular flexibility index (Phi) is 7.64. The molecule has 3 rings (SSSR count). The fraction of sp³-hybridized carbons (Fsp3) is 0.261. The van der Waals surface area contributed by atoms with Crippen molar-refractivity contribution in [2.45, 2.75) is 32.6 Å². The van der Waals surface area contributed by atoms with Crippen LogP contribution in [-0.2, 0) is 24.1 Å². The van der Waals surface area contributed by atoms with E-state index in [4.69, 9.17) is 10.2 Å². The van der Waals surface area contributed by atoms with E-state index in [2.05, 4.69) is 25.5 Å². The number of rotatable bonds is 9. The second-order valence-corrected chi connectivity index (χ2v) is 7.00. The van der Waals surface area contributed by atoms with Gasteiger partial charge in [0.05, 0.1) is 0 Å². The van der Waals surface area contributed by atoms with Crippen LogP contribution in [0.25, 0.3) is 5.57 Å². The SMILES string of the molecule is CN=C(C)/C(=C\N)c1ccncc1CCC(=O)Nc1ccc(CCc2nnco2)cc1. The zero-order valence-corrected chi connectivity index (χ0v) is 17.7. The van der Waals surface area contributed by atoms with E-state index in [0.717, 1.165) is 40.1 Å². The molecule has 1 aromatic carbocycles. The minimum absolute atomic E-state index is 0.0624. The van der Waals surface area contributed by atoms with Crippen molar-refractivity contribution in [3.8, 4) is 0 Å². The van der Waals surface area contributed by atoms with E-state index >= 15 is 0 Å². The quantitative estimate of drug-likeness (QED) is 0.515. The van der Waals surface area contributed by atoms with Gasteiger partial charge in [0.25, 0.3) is 0 Å². The number of pyridine rings is 1. The van der Waals surface area contributed by atoms with E-state index in [9.17, 15) is 4.79 Å².